The Hall–Kier alpha value is -2.09. The van der Waals surface area contributed by atoms with E-state index in [4.69, 9.17) is 0 Å². The molecule has 0 fully saturated rings. The van der Waals surface area contributed by atoms with Gasteiger partial charge in [-0.3, -0.25) is 4.40 Å². The van der Waals surface area contributed by atoms with Crippen LogP contribution in [0.5, 0.6) is 0 Å². The zero-order valence-corrected chi connectivity index (χ0v) is 11.6. The van der Waals surface area contributed by atoms with Crippen molar-refractivity contribution in [2.75, 3.05) is 0 Å². The van der Waals surface area contributed by atoms with Crippen LogP contribution in [0.3, 0.4) is 0 Å². The molecule has 96 valence electrons. The van der Waals surface area contributed by atoms with Crippen molar-refractivity contribution in [3.8, 4) is 11.3 Å². The van der Waals surface area contributed by atoms with E-state index in [1.54, 1.807) is 0 Å². The van der Waals surface area contributed by atoms with Gasteiger partial charge in [0, 0.05) is 12.4 Å². The Morgan fingerprint density at radius 3 is 2.68 bits per heavy atom. The van der Waals surface area contributed by atoms with Gasteiger partial charge in [0.15, 0.2) is 0 Å². The number of nitrogens with zero attached hydrogens (tertiary/aromatic N) is 2. The Bertz CT molecular complexity index is 723. The van der Waals surface area contributed by atoms with Gasteiger partial charge in [-0.1, -0.05) is 43.7 Å². The monoisotopic (exact) mass is 250 g/mol. The molecule has 0 saturated heterocycles. The fourth-order valence-electron chi connectivity index (χ4n) is 2.57. The molecule has 2 nitrogen and oxygen atoms in total. The molecule has 1 aromatic carbocycles. The third kappa shape index (κ3) is 2.03. The lowest BCUT2D eigenvalue weighted by molar-refractivity contribution is 0.857. The fourth-order valence-corrected chi connectivity index (χ4v) is 2.57. The van der Waals surface area contributed by atoms with Crippen LogP contribution in [0, 0.1) is 6.92 Å². The summed E-state index contributed by atoms with van der Waals surface area (Å²) in [5.74, 6) is 0.488. The summed E-state index contributed by atoms with van der Waals surface area (Å²) in [4.78, 5) is 4.39. The Kier molecular flexibility index (Phi) is 2.86. The lowest BCUT2D eigenvalue weighted by Gasteiger charge is -2.15. The molecule has 0 aliphatic rings. The molecule has 0 aliphatic carbocycles. The average molecular weight is 250 g/mol. The molecule has 19 heavy (non-hydrogen) atoms. The maximum Gasteiger partial charge on any atom is 0.137 e. The van der Waals surface area contributed by atoms with Gasteiger partial charge >= 0.3 is 0 Å². The minimum Gasteiger partial charge on any atom is -0.299 e. The van der Waals surface area contributed by atoms with Crippen LogP contribution in [0.2, 0.25) is 0 Å². The minimum atomic E-state index is 0.488. The van der Waals surface area contributed by atoms with E-state index in [0.29, 0.717) is 5.92 Å². The van der Waals surface area contributed by atoms with Gasteiger partial charge in [-0.25, -0.2) is 4.98 Å². The zero-order valence-electron chi connectivity index (χ0n) is 11.6. The first kappa shape index (κ1) is 12.0. The Morgan fingerprint density at radius 2 is 1.95 bits per heavy atom. The van der Waals surface area contributed by atoms with Crippen LogP contribution in [0.15, 0.2) is 48.8 Å². The van der Waals surface area contributed by atoms with Crippen LogP contribution in [0.4, 0.5) is 0 Å². The summed E-state index contributed by atoms with van der Waals surface area (Å²) in [6, 6.07) is 12.9. The molecule has 0 saturated carbocycles. The van der Waals surface area contributed by atoms with E-state index >= 15 is 0 Å². The minimum absolute atomic E-state index is 0.488. The molecule has 2 heterocycles. The van der Waals surface area contributed by atoms with Crippen molar-refractivity contribution in [1.82, 2.24) is 9.38 Å². The molecule has 0 radical (unpaired) electrons. The van der Waals surface area contributed by atoms with Crippen molar-refractivity contribution in [3.05, 3.63) is 59.9 Å². The van der Waals surface area contributed by atoms with E-state index in [-0.39, 0.29) is 0 Å². The number of rotatable bonds is 2. The lowest BCUT2D eigenvalue weighted by atomic mass is 9.96. The fraction of sp³-hybridized carbons (Fsp3) is 0.235. The molecule has 0 bridgehead atoms. The van der Waals surface area contributed by atoms with Crippen molar-refractivity contribution < 1.29 is 0 Å². The van der Waals surface area contributed by atoms with Gasteiger partial charge in [-0.15, -0.1) is 0 Å². The normalized spacial score (nSPS) is 11.4. The van der Waals surface area contributed by atoms with Crippen LogP contribution in [-0.4, -0.2) is 9.38 Å². The van der Waals surface area contributed by atoms with Gasteiger partial charge in [0.2, 0.25) is 0 Å². The highest BCUT2D eigenvalue weighted by molar-refractivity contribution is 5.68. The lowest BCUT2D eigenvalue weighted by Crippen LogP contribution is -2.00. The summed E-state index contributed by atoms with van der Waals surface area (Å²) in [6.45, 7) is 6.60. The van der Waals surface area contributed by atoms with Gasteiger partial charge in [-0.2, -0.15) is 0 Å². The first-order valence-electron chi connectivity index (χ1n) is 6.70. The topological polar surface area (TPSA) is 17.3 Å². The second-order valence-electron chi connectivity index (χ2n) is 5.32. The standard InChI is InChI=1S/C17H18N2/c1-12(2)15-7-8-16-18-9-10-19(16)17(15)14-6-4-5-13(3)11-14/h4-12H,1-3H3. The molecule has 0 unspecified atom stereocenters. The summed E-state index contributed by atoms with van der Waals surface area (Å²) in [7, 11) is 0. The highest BCUT2D eigenvalue weighted by Crippen LogP contribution is 2.30. The van der Waals surface area contributed by atoms with E-state index in [0.717, 1.165) is 5.65 Å². The molecule has 0 spiro atoms. The summed E-state index contributed by atoms with van der Waals surface area (Å²) >= 11 is 0. The highest BCUT2D eigenvalue weighted by Gasteiger charge is 2.12. The SMILES string of the molecule is Cc1cccc(-c2c(C(C)C)ccc3nccn23)c1. The quantitative estimate of drug-likeness (QED) is 0.657. The molecule has 0 amide bonds. The van der Waals surface area contributed by atoms with E-state index in [2.05, 4.69) is 66.6 Å². The van der Waals surface area contributed by atoms with Gasteiger partial charge < -0.3 is 0 Å². The Balaban J connectivity index is 2.36. The van der Waals surface area contributed by atoms with Crippen molar-refractivity contribution in [1.29, 1.82) is 0 Å². The summed E-state index contributed by atoms with van der Waals surface area (Å²) in [5, 5.41) is 0. The largest absolute Gasteiger partial charge is 0.299 e. The van der Waals surface area contributed by atoms with Crippen molar-refractivity contribution in [3.63, 3.8) is 0 Å². The van der Waals surface area contributed by atoms with Crippen LogP contribution in [0.25, 0.3) is 16.9 Å². The second kappa shape index (κ2) is 4.54. The van der Waals surface area contributed by atoms with Gasteiger partial charge in [0.1, 0.15) is 5.65 Å². The molecule has 0 N–H and O–H groups in total. The molecule has 2 heteroatoms. The van der Waals surface area contributed by atoms with Crippen molar-refractivity contribution >= 4 is 5.65 Å². The number of imidazole rings is 1. The van der Waals surface area contributed by atoms with Crippen molar-refractivity contribution in [2.24, 2.45) is 0 Å². The predicted molar refractivity (Wildman–Crippen MR) is 79.5 cm³/mol. The molecule has 0 atom stereocenters. The Morgan fingerprint density at radius 1 is 1.11 bits per heavy atom. The van der Waals surface area contributed by atoms with E-state index < -0.39 is 0 Å². The smallest absolute Gasteiger partial charge is 0.137 e. The van der Waals surface area contributed by atoms with Crippen LogP contribution in [0.1, 0.15) is 30.9 Å². The molecule has 2 aromatic heterocycles. The maximum absolute atomic E-state index is 4.39. The maximum atomic E-state index is 4.39. The predicted octanol–water partition coefficient (Wildman–Crippen LogP) is 4.43. The van der Waals surface area contributed by atoms with Crippen LogP contribution < -0.4 is 0 Å². The summed E-state index contributed by atoms with van der Waals surface area (Å²) in [6.07, 6.45) is 3.90. The van der Waals surface area contributed by atoms with Crippen LogP contribution in [-0.2, 0) is 0 Å². The van der Waals surface area contributed by atoms with Gasteiger partial charge in [0.05, 0.1) is 5.69 Å². The van der Waals surface area contributed by atoms with Gasteiger partial charge in [-0.05, 0) is 36.1 Å². The molecule has 0 aliphatic heterocycles. The number of aromatic nitrogens is 2. The number of hydrogen-bond acceptors (Lipinski definition) is 1. The summed E-state index contributed by atoms with van der Waals surface area (Å²) < 4.78 is 2.18. The van der Waals surface area contributed by atoms with E-state index in [1.807, 2.05) is 12.4 Å². The number of fused-ring (bicyclic) bond motifs is 1. The highest BCUT2D eigenvalue weighted by atomic mass is 15.0. The average Bonchev–Trinajstić information content (AvgIpc) is 2.85. The first-order valence-corrected chi connectivity index (χ1v) is 6.70. The van der Waals surface area contributed by atoms with Gasteiger partial charge in [0.25, 0.3) is 0 Å². The second-order valence-corrected chi connectivity index (χ2v) is 5.32. The zero-order chi connectivity index (χ0) is 13.4. The number of pyridine rings is 1. The van der Waals surface area contributed by atoms with E-state index in [9.17, 15) is 0 Å². The summed E-state index contributed by atoms with van der Waals surface area (Å²) in [5.41, 5.74) is 6.15. The third-order valence-electron chi connectivity index (χ3n) is 3.51. The number of hydrogen-bond donors (Lipinski definition) is 0. The van der Waals surface area contributed by atoms with Crippen LogP contribution >= 0.6 is 0 Å². The third-order valence-corrected chi connectivity index (χ3v) is 3.51. The van der Waals surface area contributed by atoms with E-state index in [1.165, 1.54) is 22.4 Å². The van der Waals surface area contributed by atoms with Crippen molar-refractivity contribution in [2.45, 2.75) is 26.7 Å². The molecular formula is C17H18N2. The number of aryl methyl sites for hydroxylation is 1. The molecular weight excluding hydrogens is 232 g/mol. The molecule has 3 rings (SSSR count). The first-order chi connectivity index (χ1) is 9.16. The number of benzene rings is 1. The Labute approximate surface area is 113 Å². The molecule has 3 aromatic rings.